The molecule has 5 atom stereocenters. The Balaban J connectivity index is 1.45. The molecule has 0 saturated heterocycles. The Morgan fingerprint density at radius 1 is 1.20 bits per heavy atom. The van der Waals surface area contributed by atoms with Crippen molar-refractivity contribution >= 4 is 5.91 Å². The normalized spacial score (nSPS) is 38.0. The monoisotopic (exact) mass is 270 g/mol. The lowest BCUT2D eigenvalue weighted by Crippen LogP contribution is -2.42. The van der Waals surface area contributed by atoms with Gasteiger partial charge in [0, 0.05) is 17.9 Å². The third-order valence-electron chi connectivity index (χ3n) is 5.92. The van der Waals surface area contributed by atoms with Crippen LogP contribution in [0.5, 0.6) is 0 Å². The molecular formula is C17H22N2O. The van der Waals surface area contributed by atoms with E-state index < -0.39 is 0 Å². The molecule has 0 aliphatic heterocycles. The predicted molar refractivity (Wildman–Crippen MR) is 77.3 cm³/mol. The van der Waals surface area contributed by atoms with Crippen molar-refractivity contribution in [2.75, 3.05) is 0 Å². The number of pyridine rings is 1. The van der Waals surface area contributed by atoms with E-state index in [1.807, 2.05) is 19.1 Å². The number of nitrogens with zero attached hydrogens (tertiary/aromatic N) is 1. The van der Waals surface area contributed by atoms with Crippen LogP contribution in [-0.4, -0.2) is 16.9 Å². The lowest BCUT2D eigenvalue weighted by molar-refractivity contribution is 0.0900. The minimum absolute atomic E-state index is 0.0598. The molecule has 1 aromatic heterocycles. The van der Waals surface area contributed by atoms with Gasteiger partial charge in [0.2, 0.25) is 0 Å². The molecule has 3 fully saturated rings. The fraction of sp³-hybridized carbons (Fsp3) is 0.647. The van der Waals surface area contributed by atoms with Gasteiger partial charge in [0.1, 0.15) is 0 Å². The highest BCUT2D eigenvalue weighted by molar-refractivity contribution is 5.94. The third-order valence-corrected chi connectivity index (χ3v) is 5.92. The summed E-state index contributed by atoms with van der Waals surface area (Å²) in [5, 5.41) is 3.28. The van der Waals surface area contributed by atoms with Crippen LogP contribution in [0, 0.1) is 30.6 Å². The van der Waals surface area contributed by atoms with Gasteiger partial charge < -0.3 is 5.32 Å². The third kappa shape index (κ3) is 1.87. The quantitative estimate of drug-likeness (QED) is 0.897. The van der Waals surface area contributed by atoms with Crippen molar-refractivity contribution in [1.29, 1.82) is 0 Å². The molecule has 2 bridgehead atoms. The molecule has 0 radical (unpaired) electrons. The smallest absolute Gasteiger partial charge is 0.253 e. The van der Waals surface area contributed by atoms with E-state index in [9.17, 15) is 4.79 Å². The number of carbonyl (C=O) groups excluding carboxylic acids is 1. The highest BCUT2D eigenvalue weighted by Crippen LogP contribution is 2.58. The first-order valence-corrected chi connectivity index (χ1v) is 7.96. The highest BCUT2D eigenvalue weighted by Gasteiger charge is 2.54. The summed E-state index contributed by atoms with van der Waals surface area (Å²) in [5.41, 5.74) is 1.65. The molecule has 3 aliphatic carbocycles. The summed E-state index contributed by atoms with van der Waals surface area (Å²) in [6.07, 6.45) is 8.49. The van der Waals surface area contributed by atoms with Crippen molar-refractivity contribution in [1.82, 2.24) is 10.3 Å². The van der Waals surface area contributed by atoms with Gasteiger partial charge >= 0.3 is 0 Å². The number of aryl methyl sites for hydroxylation is 1. The van der Waals surface area contributed by atoms with E-state index in [4.69, 9.17) is 0 Å². The Bertz CT molecular complexity index is 524. The van der Waals surface area contributed by atoms with Crippen LogP contribution in [0.25, 0.3) is 0 Å². The summed E-state index contributed by atoms with van der Waals surface area (Å²) in [6, 6.07) is 4.19. The molecule has 3 aliphatic rings. The molecule has 1 aromatic rings. The molecule has 5 unspecified atom stereocenters. The van der Waals surface area contributed by atoms with Crippen LogP contribution in [0.3, 0.4) is 0 Å². The van der Waals surface area contributed by atoms with E-state index >= 15 is 0 Å². The van der Waals surface area contributed by atoms with Crippen LogP contribution >= 0.6 is 0 Å². The molecule has 3 nitrogen and oxygen atoms in total. The van der Waals surface area contributed by atoms with Crippen LogP contribution in [0.4, 0.5) is 0 Å². The van der Waals surface area contributed by atoms with E-state index in [0.717, 1.165) is 29.4 Å². The van der Waals surface area contributed by atoms with Crippen LogP contribution < -0.4 is 5.32 Å². The summed E-state index contributed by atoms with van der Waals surface area (Å²) in [4.78, 5) is 16.5. The SMILES string of the molecule is Cc1ccc(C(=O)NC2CC3CC2C2CCCC32)cn1. The zero-order valence-electron chi connectivity index (χ0n) is 12.0. The van der Waals surface area contributed by atoms with Gasteiger partial charge in [-0.3, -0.25) is 9.78 Å². The Morgan fingerprint density at radius 3 is 2.85 bits per heavy atom. The van der Waals surface area contributed by atoms with E-state index in [1.165, 1.54) is 32.1 Å². The van der Waals surface area contributed by atoms with Gasteiger partial charge in [-0.1, -0.05) is 6.42 Å². The lowest BCUT2D eigenvalue weighted by Gasteiger charge is -2.32. The molecule has 1 amide bonds. The number of hydrogen-bond acceptors (Lipinski definition) is 2. The van der Waals surface area contributed by atoms with Crippen molar-refractivity contribution in [3.63, 3.8) is 0 Å². The summed E-state index contributed by atoms with van der Waals surface area (Å²) in [6.45, 7) is 1.94. The zero-order valence-corrected chi connectivity index (χ0v) is 12.0. The maximum absolute atomic E-state index is 12.3. The van der Waals surface area contributed by atoms with E-state index in [0.29, 0.717) is 11.6 Å². The van der Waals surface area contributed by atoms with Crippen molar-refractivity contribution < 1.29 is 4.79 Å². The van der Waals surface area contributed by atoms with Crippen molar-refractivity contribution in [2.45, 2.75) is 45.1 Å². The Kier molecular flexibility index (Phi) is 2.83. The van der Waals surface area contributed by atoms with E-state index in [2.05, 4.69) is 10.3 Å². The maximum atomic E-state index is 12.3. The minimum Gasteiger partial charge on any atom is -0.349 e. The van der Waals surface area contributed by atoms with E-state index in [-0.39, 0.29) is 5.91 Å². The van der Waals surface area contributed by atoms with Gasteiger partial charge in [0.25, 0.3) is 5.91 Å². The fourth-order valence-electron chi connectivity index (χ4n) is 5.09. The topological polar surface area (TPSA) is 42.0 Å². The summed E-state index contributed by atoms with van der Waals surface area (Å²) in [5.74, 6) is 3.57. The average Bonchev–Trinajstić information content (AvgIpc) is 3.11. The van der Waals surface area contributed by atoms with Gasteiger partial charge in [-0.2, -0.15) is 0 Å². The van der Waals surface area contributed by atoms with Gasteiger partial charge in [-0.25, -0.2) is 0 Å². The molecule has 3 saturated carbocycles. The number of nitrogens with one attached hydrogen (secondary N) is 1. The maximum Gasteiger partial charge on any atom is 0.253 e. The molecule has 20 heavy (non-hydrogen) atoms. The number of amides is 1. The zero-order chi connectivity index (χ0) is 13.7. The van der Waals surface area contributed by atoms with Gasteiger partial charge in [-0.05, 0) is 68.4 Å². The molecule has 0 aromatic carbocycles. The summed E-state index contributed by atoms with van der Waals surface area (Å²) < 4.78 is 0. The first-order chi connectivity index (χ1) is 9.72. The van der Waals surface area contributed by atoms with Crippen LogP contribution in [0.15, 0.2) is 18.3 Å². The summed E-state index contributed by atoms with van der Waals surface area (Å²) >= 11 is 0. The first kappa shape index (κ1) is 12.4. The Morgan fingerprint density at radius 2 is 2.05 bits per heavy atom. The highest BCUT2D eigenvalue weighted by atomic mass is 16.1. The average molecular weight is 270 g/mol. The standard InChI is InChI=1S/C17H22N2O/c1-10-5-6-11(9-18-10)17(20)19-16-8-12-7-15(16)14-4-2-3-13(12)14/h5-6,9,12-16H,2-4,7-8H2,1H3,(H,19,20). The molecule has 106 valence electrons. The van der Waals surface area contributed by atoms with Gasteiger partial charge in [-0.15, -0.1) is 0 Å². The Hall–Kier alpha value is -1.38. The van der Waals surface area contributed by atoms with Crippen LogP contribution in [0.1, 0.15) is 48.2 Å². The number of aromatic nitrogens is 1. The number of carbonyl (C=O) groups is 1. The van der Waals surface area contributed by atoms with Crippen LogP contribution in [-0.2, 0) is 0 Å². The van der Waals surface area contributed by atoms with Crippen LogP contribution in [0.2, 0.25) is 0 Å². The summed E-state index contributed by atoms with van der Waals surface area (Å²) in [7, 11) is 0. The van der Waals surface area contributed by atoms with Crippen molar-refractivity contribution in [3.05, 3.63) is 29.6 Å². The first-order valence-electron chi connectivity index (χ1n) is 7.96. The van der Waals surface area contributed by atoms with Gasteiger partial charge in [0.15, 0.2) is 0 Å². The second-order valence-corrected chi connectivity index (χ2v) is 6.92. The van der Waals surface area contributed by atoms with Crippen molar-refractivity contribution in [2.24, 2.45) is 23.7 Å². The number of fused-ring (bicyclic) bond motifs is 5. The number of rotatable bonds is 2. The predicted octanol–water partition coefficient (Wildman–Crippen LogP) is 2.94. The largest absolute Gasteiger partial charge is 0.349 e. The fourth-order valence-corrected chi connectivity index (χ4v) is 5.09. The van der Waals surface area contributed by atoms with Gasteiger partial charge in [0.05, 0.1) is 5.56 Å². The Labute approximate surface area is 120 Å². The van der Waals surface area contributed by atoms with E-state index in [1.54, 1.807) is 6.20 Å². The molecule has 4 rings (SSSR count). The molecule has 0 spiro atoms. The number of hydrogen-bond donors (Lipinski definition) is 1. The molecule has 1 heterocycles. The minimum atomic E-state index is 0.0598. The second-order valence-electron chi connectivity index (χ2n) is 6.92. The van der Waals surface area contributed by atoms with Crippen molar-refractivity contribution in [3.8, 4) is 0 Å². The second kappa shape index (κ2) is 4.57. The molecular weight excluding hydrogens is 248 g/mol. The molecule has 3 heteroatoms. The lowest BCUT2D eigenvalue weighted by atomic mass is 9.79. The molecule has 1 N–H and O–H groups in total.